The van der Waals surface area contributed by atoms with Gasteiger partial charge in [-0.25, -0.2) is 9.18 Å². The normalized spacial score (nSPS) is 24.5. The minimum atomic E-state index is -0.176. The third-order valence-electron chi connectivity index (χ3n) is 7.19. The van der Waals surface area contributed by atoms with Gasteiger partial charge in [0.1, 0.15) is 5.82 Å². The predicted octanol–water partition coefficient (Wildman–Crippen LogP) is 3.35. The average Bonchev–Trinajstić information content (AvgIpc) is 3.36. The molecule has 1 N–H and O–H groups in total. The molecule has 0 aromatic heterocycles. The first-order valence-electron chi connectivity index (χ1n) is 11.4. The Labute approximate surface area is 183 Å². The van der Waals surface area contributed by atoms with E-state index in [-0.39, 0.29) is 11.8 Å². The lowest BCUT2D eigenvalue weighted by atomic mass is 9.92. The van der Waals surface area contributed by atoms with Gasteiger partial charge in [-0.1, -0.05) is 35.9 Å². The summed E-state index contributed by atoms with van der Waals surface area (Å²) in [6.07, 6.45) is 1.05. The topological polar surface area (TPSA) is 38.8 Å². The van der Waals surface area contributed by atoms with Gasteiger partial charge in [0.2, 0.25) is 0 Å². The highest BCUT2D eigenvalue weighted by molar-refractivity contribution is 5.76. The monoisotopic (exact) mass is 422 g/mol. The first-order chi connectivity index (χ1) is 15.1. The van der Waals surface area contributed by atoms with Crippen molar-refractivity contribution in [3.05, 3.63) is 70.5 Å². The summed E-state index contributed by atoms with van der Waals surface area (Å²) in [5.41, 5.74) is 5.34. The van der Waals surface area contributed by atoms with E-state index in [1.54, 1.807) is 12.1 Å². The van der Waals surface area contributed by atoms with E-state index in [0.717, 1.165) is 58.8 Å². The van der Waals surface area contributed by atoms with Crippen molar-refractivity contribution in [2.24, 2.45) is 0 Å². The summed E-state index contributed by atoms with van der Waals surface area (Å²) in [7, 11) is 0. The number of halogens is 1. The first kappa shape index (κ1) is 20.5. The number of nitrogens with zero attached hydrogens (tertiary/aromatic N) is 3. The Hall–Kier alpha value is -2.44. The van der Waals surface area contributed by atoms with Crippen LogP contribution < -0.4 is 5.32 Å². The standard InChI is InChI=1S/C25H31FN4O/c1-18-2-7-21-22(19-3-5-20(26)6-4-19)17-24(23(21)16-18)29-13-10-28(11-14-29)12-15-30-9-8-27-25(30)31/h2-7,16,22,24H,8-15,17H2,1H3,(H,27,31)/t22-,24+/m1/s1. The number of carbonyl (C=O) groups excluding carboxylic acids is 1. The van der Waals surface area contributed by atoms with Gasteiger partial charge in [0.25, 0.3) is 0 Å². The molecule has 1 aliphatic carbocycles. The van der Waals surface area contributed by atoms with Crippen LogP contribution in [0.1, 0.15) is 40.6 Å². The van der Waals surface area contributed by atoms with Crippen LogP contribution in [0.3, 0.4) is 0 Å². The maximum Gasteiger partial charge on any atom is 0.317 e. The first-order valence-corrected chi connectivity index (χ1v) is 11.4. The van der Waals surface area contributed by atoms with Crippen molar-refractivity contribution in [1.82, 2.24) is 20.0 Å². The van der Waals surface area contributed by atoms with E-state index < -0.39 is 0 Å². The maximum atomic E-state index is 13.5. The Morgan fingerprint density at radius 3 is 2.45 bits per heavy atom. The highest BCUT2D eigenvalue weighted by atomic mass is 19.1. The van der Waals surface area contributed by atoms with Crippen LogP contribution in [0.2, 0.25) is 0 Å². The number of urea groups is 1. The highest BCUT2D eigenvalue weighted by Gasteiger charge is 2.36. The molecule has 0 spiro atoms. The summed E-state index contributed by atoms with van der Waals surface area (Å²) in [5, 5.41) is 2.88. The fourth-order valence-electron chi connectivity index (χ4n) is 5.42. The van der Waals surface area contributed by atoms with Gasteiger partial charge in [0.05, 0.1) is 0 Å². The second kappa shape index (κ2) is 8.60. The Kier molecular flexibility index (Phi) is 5.67. The zero-order valence-electron chi connectivity index (χ0n) is 18.2. The second-order valence-corrected chi connectivity index (χ2v) is 9.08. The second-order valence-electron chi connectivity index (χ2n) is 9.08. The predicted molar refractivity (Wildman–Crippen MR) is 120 cm³/mol. The van der Waals surface area contributed by atoms with Crippen molar-refractivity contribution < 1.29 is 9.18 Å². The average molecular weight is 423 g/mol. The lowest BCUT2D eigenvalue weighted by molar-refractivity contribution is 0.0905. The molecule has 0 bridgehead atoms. The molecule has 2 aromatic carbocycles. The van der Waals surface area contributed by atoms with Crippen LogP contribution in [0.5, 0.6) is 0 Å². The summed E-state index contributed by atoms with van der Waals surface area (Å²) in [6, 6.07) is 14.4. The molecule has 6 heteroatoms. The molecular weight excluding hydrogens is 391 g/mol. The number of rotatable bonds is 5. The lowest BCUT2D eigenvalue weighted by Crippen LogP contribution is -2.49. The van der Waals surface area contributed by atoms with Crippen LogP contribution in [0, 0.1) is 12.7 Å². The molecule has 2 aromatic rings. The number of aryl methyl sites for hydroxylation is 1. The van der Waals surface area contributed by atoms with Crippen molar-refractivity contribution in [1.29, 1.82) is 0 Å². The van der Waals surface area contributed by atoms with Crippen molar-refractivity contribution in [2.45, 2.75) is 25.3 Å². The molecule has 0 unspecified atom stereocenters. The van der Waals surface area contributed by atoms with Crippen molar-refractivity contribution >= 4 is 6.03 Å². The number of fused-ring (bicyclic) bond motifs is 1. The number of hydrogen-bond donors (Lipinski definition) is 1. The van der Waals surface area contributed by atoms with Crippen molar-refractivity contribution in [3.63, 3.8) is 0 Å². The van der Waals surface area contributed by atoms with Crippen LogP contribution in [0.15, 0.2) is 42.5 Å². The largest absolute Gasteiger partial charge is 0.336 e. The van der Waals surface area contributed by atoms with E-state index in [4.69, 9.17) is 0 Å². The van der Waals surface area contributed by atoms with Crippen LogP contribution in [0.4, 0.5) is 9.18 Å². The van der Waals surface area contributed by atoms with E-state index in [2.05, 4.69) is 40.2 Å². The fourth-order valence-corrected chi connectivity index (χ4v) is 5.42. The van der Waals surface area contributed by atoms with Gasteiger partial charge in [-0.15, -0.1) is 0 Å². The zero-order chi connectivity index (χ0) is 21.4. The molecule has 0 radical (unpaired) electrons. The van der Waals surface area contributed by atoms with Gasteiger partial charge < -0.3 is 10.2 Å². The molecule has 2 saturated heterocycles. The molecule has 3 aliphatic rings. The summed E-state index contributed by atoms with van der Waals surface area (Å²) in [4.78, 5) is 18.8. The molecule has 31 heavy (non-hydrogen) atoms. The molecule has 2 aliphatic heterocycles. The minimum Gasteiger partial charge on any atom is -0.336 e. The molecular formula is C25H31FN4O. The van der Waals surface area contributed by atoms with E-state index in [1.807, 2.05) is 17.0 Å². The van der Waals surface area contributed by atoms with Gasteiger partial charge in [0.15, 0.2) is 0 Å². The van der Waals surface area contributed by atoms with E-state index in [0.29, 0.717) is 12.0 Å². The molecule has 2 fully saturated rings. The van der Waals surface area contributed by atoms with Gasteiger partial charge in [0, 0.05) is 64.3 Å². The number of nitrogens with one attached hydrogen (secondary N) is 1. The maximum absolute atomic E-state index is 13.5. The zero-order valence-corrected chi connectivity index (χ0v) is 18.2. The molecule has 2 amide bonds. The summed E-state index contributed by atoms with van der Waals surface area (Å²) < 4.78 is 13.5. The molecule has 2 atom stereocenters. The summed E-state index contributed by atoms with van der Waals surface area (Å²) >= 11 is 0. The van der Waals surface area contributed by atoms with E-state index >= 15 is 0 Å². The number of benzene rings is 2. The fraction of sp³-hybridized carbons (Fsp3) is 0.480. The van der Waals surface area contributed by atoms with Gasteiger partial charge >= 0.3 is 6.03 Å². The van der Waals surface area contributed by atoms with Crippen LogP contribution in [-0.2, 0) is 0 Å². The molecule has 5 nitrogen and oxygen atoms in total. The van der Waals surface area contributed by atoms with Gasteiger partial charge in [-0.2, -0.15) is 0 Å². The summed E-state index contributed by atoms with van der Waals surface area (Å²) in [6.45, 7) is 9.66. The Balaban J connectivity index is 1.26. The van der Waals surface area contributed by atoms with E-state index in [9.17, 15) is 9.18 Å². The Morgan fingerprint density at radius 1 is 0.968 bits per heavy atom. The van der Waals surface area contributed by atoms with Crippen LogP contribution in [0.25, 0.3) is 0 Å². The molecule has 164 valence electrons. The molecule has 2 heterocycles. The minimum absolute atomic E-state index is 0.0726. The van der Waals surface area contributed by atoms with Crippen LogP contribution in [-0.4, -0.2) is 73.1 Å². The number of amides is 2. The number of hydrogen-bond acceptors (Lipinski definition) is 3. The number of piperazine rings is 1. The van der Waals surface area contributed by atoms with E-state index in [1.165, 1.54) is 22.3 Å². The van der Waals surface area contributed by atoms with Gasteiger partial charge in [-0.05, 0) is 42.2 Å². The van der Waals surface area contributed by atoms with Crippen LogP contribution >= 0.6 is 0 Å². The lowest BCUT2D eigenvalue weighted by Gasteiger charge is -2.39. The molecule has 0 saturated carbocycles. The third-order valence-corrected chi connectivity index (χ3v) is 7.19. The summed E-state index contributed by atoms with van der Waals surface area (Å²) in [5.74, 6) is 0.151. The molecule has 5 rings (SSSR count). The third kappa shape index (κ3) is 4.19. The SMILES string of the molecule is Cc1ccc2c(c1)[C@@H](N1CCN(CCN3CCNC3=O)CC1)C[C@@H]2c1ccc(F)cc1. The van der Waals surface area contributed by atoms with Gasteiger partial charge in [-0.3, -0.25) is 9.80 Å². The van der Waals surface area contributed by atoms with Crippen molar-refractivity contribution in [2.75, 3.05) is 52.4 Å². The van der Waals surface area contributed by atoms with Crippen molar-refractivity contribution in [3.8, 4) is 0 Å². The number of carbonyl (C=O) groups is 1. The quantitative estimate of drug-likeness (QED) is 0.803. The highest BCUT2D eigenvalue weighted by Crippen LogP contribution is 2.47. The Bertz CT molecular complexity index is 939. The smallest absolute Gasteiger partial charge is 0.317 e. The Morgan fingerprint density at radius 2 is 1.74 bits per heavy atom.